The molecule has 1 N–H and O–H groups in total. The minimum absolute atomic E-state index is 0.0397. The maximum Gasteiger partial charge on any atom is 0.331 e. The highest BCUT2D eigenvalue weighted by Gasteiger charge is 2.25. The molecule has 0 fully saturated rings. The van der Waals surface area contributed by atoms with Gasteiger partial charge in [0.15, 0.2) is 5.75 Å². The summed E-state index contributed by atoms with van der Waals surface area (Å²) in [6.07, 6.45) is 0. The van der Waals surface area contributed by atoms with E-state index in [4.69, 9.17) is 16.3 Å². The van der Waals surface area contributed by atoms with Gasteiger partial charge in [-0.1, -0.05) is 23.7 Å². The van der Waals surface area contributed by atoms with Crippen LogP contribution in [0.3, 0.4) is 0 Å². The van der Waals surface area contributed by atoms with Crippen molar-refractivity contribution in [3.05, 3.63) is 52.5 Å². The van der Waals surface area contributed by atoms with Gasteiger partial charge in [0.1, 0.15) is 6.54 Å². The van der Waals surface area contributed by atoms with Crippen molar-refractivity contribution in [2.75, 3.05) is 23.3 Å². The maximum absolute atomic E-state index is 12.4. The van der Waals surface area contributed by atoms with E-state index in [0.717, 1.165) is 16.8 Å². The van der Waals surface area contributed by atoms with Gasteiger partial charge in [-0.15, -0.1) is 0 Å². The zero-order valence-electron chi connectivity index (χ0n) is 13.4. The molecule has 0 radical (unpaired) electrons. The van der Waals surface area contributed by atoms with E-state index in [9.17, 15) is 9.59 Å². The molecule has 0 saturated heterocycles. The molecule has 1 aliphatic heterocycles. The number of halogens is 1. The Bertz CT molecular complexity index is 820. The molecule has 3 rings (SSSR count). The Hall–Kier alpha value is -2.53. The second-order valence-corrected chi connectivity index (χ2v) is 6.25. The Labute approximate surface area is 145 Å². The average molecular weight is 345 g/mol. The summed E-state index contributed by atoms with van der Waals surface area (Å²) in [5.74, 6) is -0.112. The number of carbonyl (C=O) groups excluding carboxylic acids is 2. The van der Waals surface area contributed by atoms with Crippen LogP contribution in [0.4, 0.5) is 11.4 Å². The Balaban J connectivity index is 1.77. The lowest BCUT2D eigenvalue weighted by Crippen LogP contribution is -2.41. The summed E-state index contributed by atoms with van der Waals surface area (Å²) in [4.78, 5) is 25.9. The van der Waals surface area contributed by atoms with Crippen LogP contribution < -0.4 is 15.0 Å². The zero-order chi connectivity index (χ0) is 17.3. The molecule has 0 atom stereocenters. The molecule has 0 aromatic heterocycles. The van der Waals surface area contributed by atoms with Crippen molar-refractivity contribution in [1.29, 1.82) is 0 Å². The Morgan fingerprint density at radius 2 is 2.04 bits per heavy atom. The number of anilines is 2. The van der Waals surface area contributed by atoms with E-state index in [1.807, 2.05) is 32.0 Å². The second kappa shape index (κ2) is 6.53. The van der Waals surface area contributed by atoms with Crippen molar-refractivity contribution >= 4 is 34.9 Å². The molecular weight excluding hydrogens is 328 g/mol. The highest BCUT2D eigenvalue weighted by atomic mass is 35.5. The van der Waals surface area contributed by atoms with Crippen LogP contribution in [0, 0.1) is 13.8 Å². The number of nitrogens with one attached hydrogen (secondary N) is 1. The third-order valence-electron chi connectivity index (χ3n) is 3.81. The predicted molar refractivity (Wildman–Crippen MR) is 93.8 cm³/mol. The molecule has 5 nitrogen and oxygen atoms in total. The van der Waals surface area contributed by atoms with E-state index < -0.39 is 0 Å². The number of hydrogen-bond acceptors (Lipinski definition) is 4. The maximum atomic E-state index is 12.4. The van der Waals surface area contributed by atoms with Gasteiger partial charge in [0, 0.05) is 10.7 Å². The number of benzene rings is 2. The topological polar surface area (TPSA) is 58.6 Å². The number of esters is 1. The van der Waals surface area contributed by atoms with Gasteiger partial charge in [0.2, 0.25) is 5.91 Å². The Morgan fingerprint density at radius 3 is 2.83 bits per heavy atom. The number of fused-ring (bicyclic) bond motifs is 1. The second-order valence-electron chi connectivity index (χ2n) is 5.81. The molecule has 24 heavy (non-hydrogen) atoms. The number of amides is 1. The van der Waals surface area contributed by atoms with Crippen LogP contribution in [0.2, 0.25) is 5.02 Å². The fraction of sp³-hybridized carbons (Fsp3) is 0.222. The Morgan fingerprint density at radius 1 is 1.25 bits per heavy atom. The Kier molecular flexibility index (Phi) is 4.44. The van der Waals surface area contributed by atoms with E-state index in [1.54, 1.807) is 23.1 Å². The molecule has 0 unspecified atom stereocenters. The first kappa shape index (κ1) is 16.3. The molecule has 6 heteroatoms. The lowest BCUT2D eigenvalue weighted by atomic mass is 10.1. The average Bonchev–Trinajstić information content (AvgIpc) is 2.50. The van der Waals surface area contributed by atoms with Gasteiger partial charge in [-0.25, -0.2) is 4.79 Å². The van der Waals surface area contributed by atoms with Crippen LogP contribution in [-0.4, -0.2) is 25.0 Å². The zero-order valence-corrected chi connectivity index (χ0v) is 14.2. The van der Waals surface area contributed by atoms with Crippen molar-refractivity contribution in [3.63, 3.8) is 0 Å². The molecule has 1 heterocycles. The molecule has 0 saturated carbocycles. The summed E-state index contributed by atoms with van der Waals surface area (Å²) in [6.45, 7) is 3.90. The summed E-state index contributed by atoms with van der Waals surface area (Å²) < 4.78 is 5.25. The van der Waals surface area contributed by atoms with Gasteiger partial charge in [-0.2, -0.15) is 0 Å². The molecule has 1 aliphatic rings. The summed E-state index contributed by atoms with van der Waals surface area (Å²) in [5.41, 5.74) is 3.30. The number of ether oxygens (including phenoxy) is 1. The smallest absolute Gasteiger partial charge is 0.331 e. The summed E-state index contributed by atoms with van der Waals surface area (Å²) in [5, 5.41) is 3.39. The molecular formula is C18H17ClN2O3. The molecule has 1 amide bonds. The van der Waals surface area contributed by atoms with E-state index in [-0.39, 0.29) is 25.0 Å². The van der Waals surface area contributed by atoms with Crippen LogP contribution in [-0.2, 0) is 9.59 Å². The lowest BCUT2D eigenvalue weighted by Gasteiger charge is -2.29. The van der Waals surface area contributed by atoms with Crippen molar-refractivity contribution in [2.45, 2.75) is 13.8 Å². The number of nitrogens with zero attached hydrogens (tertiary/aromatic N) is 1. The fourth-order valence-electron chi connectivity index (χ4n) is 2.59. The fourth-order valence-corrected chi connectivity index (χ4v) is 2.77. The van der Waals surface area contributed by atoms with Gasteiger partial charge < -0.3 is 15.0 Å². The quantitative estimate of drug-likeness (QED) is 0.685. The molecule has 124 valence electrons. The van der Waals surface area contributed by atoms with Crippen LogP contribution >= 0.6 is 11.6 Å². The van der Waals surface area contributed by atoms with Crippen LogP contribution in [0.1, 0.15) is 11.1 Å². The van der Waals surface area contributed by atoms with Gasteiger partial charge in [0.05, 0.1) is 12.2 Å². The summed E-state index contributed by atoms with van der Waals surface area (Å²) in [6, 6.07) is 10.9. The van der Waals surface area contributed by atoms with Gasteiger partial charge in [-0.3, -0.25) is 4.79 Å². The first-order chi connectivity index (χ1) is 11.4. The van der Waals surface area contributed by atoms with Crippen molar-refractivity contribution in [2.24, 2.45) is 0 Å². The standard InChI is InChI=1S/C18H17ClN2O3/c1-11-3-6-15-16(7-11)24-18(23)10-21(15)9-17(22)20-14-8-13(19)5-4-12(14)2/h3-8H,9-10H2,1-2H3,(H,20,22). The molecule has 2 aromatic carbocycles. The van der Waals surface area contributed by atoms with Crippen LogP contribution in [0.25, 0.3) is 0 Å². The first-order valence-electron chi connectivity index (χ1n) is 7.54. The van der Waals surface area contributed by atoms with Crippen LogP contribution in [0.15, 0.2) is 36.4 Å². The SMILES string of the molecule is Cc1ccc2c(c1)OC(=O)CN2CC(=O)Nc1cc(Cl)ccc1C. The predicted octanol–water partition coefficient (Wildman–Crippen LogP) is 3.32. The van der Waals surface area contributed by atoms with Gasteiger partial charge in [0.25, 0.3) is 0 Å². The monoisotopic (exact) mass is 344 g/mol. The molecule has 0 aliphatic carbocycles. The van der Waals surface area contributed by atoms with E-state index in [2.05, 4.69) is 5.32 Å². The summed E-state index contributed by atoms with van der Waals surface area (Å²) in [7, 11) is 0. The number of rotatable bonds is 3. The molecule has 0 spiro atoms. The van der Waals surface area contributed by atoms with Gasteiger partial charge in [-0.05, 0) is 49.2 Å². The molecule has 0 bridgehead atoms. The summed E-state index contributed by atoms with van der Waals surface area (Å²) >= 11 is 5.97. The van der Waals surface area contributed by atoms with Crippen LogP contribution in [0.5, 0.6) is 5.75 Å². The van der Waals surface area contributed by atoms with Gasteiger partial charge >= 0.3 is 5.97 Å². The van der Waals surface area contributed by atoms with Crippen molar-refractivity contribution < 1.29 is 14.3 Å². The highest BCUT2D eigenvalue weighted by Crippen LogP contribution is 2.32. The third-order valence-corrected chi connectivity index (χ3v) is 4.04. The van der Waals surface area contributed by atoms with E-state index >= 15 is 0 Å². The van der Waals surface area contributed by atoms with Crippen molar-refractivity contribution in [1.82, 2.24) is 0 Å². The number of carbonyl (C=O) groups is 2. The largest absolute Gasteiger partial charge is 0.423 e. The minimum Gasteiger partial charge on any atom is -0.423 e. The molecule has 2 aromatic rings. The van der Waals surface area contributed by atoms with E-state index in [0.29, 0.717) is 16.5 Å². The number of aryl methyl sites for hydroxylation is 2. The normalized spacial score (nSPS) is 13.3. The third kappa shape index (κ3) is 3.51. The van der Waals surface area contributed by atoms with E-state index in [1.165, 1.54) is 0 Å². The highest BCUT2D eigenvalue weighted by molar-refractivity contribution is 6.31. The first-order valence-corrected chi connectivity index (χ1v) is 7.92. The minimum atomic E-state index is -0.375. The number of hydrogen-bond donors (Lipinski definition) is 1. The lowest BCUT2D eigenvalue weighted by molar-refractivity contribution is -0.133. The van der Waals surface area contributed by atoms with Crippen molar-refractivity contribution in [3.8, 4) is 5.75 Å².